The Morgan fingerprint density at radius 2 is 1.80 bits per heavy atom. The number of hydrogen-bond acceptors (Lipinski definition) is 5. The van der Waals surface area contributed by atoms with E-state index < -0.39 is 28.0 Å². The number of rotatable bonds is 5. The second-order valence-electron chi connectivity index (χ2n) is 6.57. The van der Waals surface area contributed by atoms with Crippen LogP contribution in [0.2, 0.25) is 15.1 Å². The maximum absolute atomic E-state index is 12.5. The first-order chi connectivity index (χ1) is 14.1. The van der Waals surface area contributed by atoms with Gasteiger partial charge in [0.05, 0.1) is 37.8 Å². The van der Waals surface area contributed by atoms with Crippen molar-refractivity contribution in [2.45, 2.75) is 19.4 Å². The van der Waals surface area contributed by atoms with Gasteiger partial charge in [-0.05, 0) is 43.7 Å². The molecule has 0 aromatic heterocycles. The minimum Gasteiger partial charge on any atom is -0.449 e. The average molecular weight is 492 g/mol. The number of ether oxygens (including phenoxy) is 1. The van der Waals surface area contributed by atoms with Crippen LogP contribution in [-0.4, -0.2) is 38.7 Å². The Morgan fingerprint density at radius 1 is 1.10 bits per heavy atom. The zero-order chi connectivity index (χ0) is 22.1. The van der Waals surface area contributed by atoms with Gasteiger partial charge in [-0.1, -0.05) is 40.9 Å². The lowest BCUT2D eigenvalue weighted by Crippen LogP contribution is -2.30. The number of amides is 1. The highest BCUT2D eigenvalue weighted by atomic mass is 35.5. The van der Waals surface area contributed by atoms with Crippen LogP contribution >= 0.6 is 34.8 Å². The molecule has 0 radical (unpaired) electrons. The van der Waals surface area contributed by atoms with E-state index in [4.69, 9.17) is 39.5 Å². The van der Waals surface area contributed by atoms with E-state index in [0.717, 1.165) is 0 Å². The van der Waals surface area contributed by atoms with E-state index in [1.54, 1.807) is 12.1 Å². The molecule has 0 aliphatic carbocycles. The molecule has 1 amide bonds. The molecule has 1 unspecified atom stereocenters. The topological polar surface area (TPSA) is 92.8 Å². The summed E-state index contributed by atoms with van der Waals surface area (Å²) in [5, 5.41) is 3.14. The van der Waals surface area contributed by atoms with Crippen molar-refractivity contribution in [1.29, 1.82) is 0 Å². The molecule has 3 rings (SSSR count). The number of nitrogens with one attached hydrogen (secondary N) is 1. The third-order valence-electron chi connectivity index (χ3n) is 4.39. The zero-order valence-electron chi connectivity index (χ0n) is 15.7. The average Bonchev–Trinajstić information content (AvgIpc) is 3.05. The van der Waals surface area contributed by atoms with E-state index in [2.05, 4.69) is 5.32 Å². The number of carbonyl (C=O) groups excluding carboxylic acids is 2. The summed E-state index contributed by atoms with van der Waals surface area (Å²) in [7, 11) is -3.38. The predicted octanol–water partition coefficient (Wildman–Crippen LogP) is 4.37. The second-order valence-corrected chi connectivity index (χ2v) is 9.81. The number of carbonyl (C=O) groups is 2. The molecule has 1 aliphatic rings. The highest BCUT2D eigenvalue weighted by Crippen LogP contribution is 2.32. The number of halogens is 3. The molecular weight excluding hydrogens is 475 g/mol. The summed E-state index contributed by atoms with van der Waals surface area (Å²) in [5.41, 5.74) is 0.726. The SMILES string of the molecule is CC(OC(=O)c1cccc(N2CCCS2(=O)=O)c1)C(=O)Nc1cc(Cl)c(Cl)cc1Cl. The normalized spacial score (nSPS) is 16.2. The van der Waals surface area contributed by atoms with Crippen LogP contribution in [0.3, 0.4) is 0 Å². The van der Waals surface area contributed by atoms with Crippen molar-refractivity contribution < 1.29 is 22.7 Å². The summed E-state index contributed by atoms with van der Waals surface area (Å²) >= 11 is 17.8. The molecule has 2 aromatic rings. The lowest BCUT2D eigenvalue weighted by atomic mass is 10.2. The van der Waals surface area contributed by atoms with Crippen LogP contribution in [0, 0.1) is 0 Å². The largest absolute Gasteiger partial charge is 0.449 e. The fourth-order valence-electron chi connectivity index (χ4n) is 2.85. The quantitative estimate of drug-likeness (QED) is 0.495. The summed E-state index contributed by atoms with van der Waals surface area (Å²) in [6.07, 6.45) is -0.631. The summed E-state index contributed by atoms with van der Waals surface area (Å²) in [4.78, 5) is 24.8. The van der Waals surface area contributed by atoms with Gasteiger partial charge < -0.3 is 10.1 Å². The first-order valence-corrected chi connectivity index (χ1v) is 11.6. The highest BCUT2D eigenvalue weighted by molar-refractivity contribution is 7.93. The Bertz CT molecular complexity index is 1110. The van der Waals surface area contributed by atoms with Crippen LogP contribution in [0.25, 0.3) is 0 Å². The van der Waals surface area contributed by atoms with E-state index in [1.807, 2.05) is 0 Å². The van der Waals surface area contributed by atoms with E-state index >= 15 is 0 Å². The number of benzene rings is 2. The van der Waals surface area contributed by atoms with Crippen LogP contribution in [0.5, 0.6) is 0 Å². The molecule has 1 N–H and O–H groups in total. The zero-order valence-corrected chi connectivity index (χ0v) is 18.8. The molecule has 0 spiro atoms. The molecule has 1 aliphatic heterocycles. The van der Waals surface area contributed by atoms with Gasteiger partial charge in [0.1, 0.15) is 0 Å². The van der Waals surface area contributed by atoms with Crippen molar-refractivity contribution >= 4 is 68.1 Å². The van der Waals surface area contributed by atoms with Gasteiger partial charge in [-0.2, -0.15) is 0 Å². The summed E-state index contributed by atoms with van der Waals surface area (Å²) < 4.78 is 30.6. The van der Waals surface area contributed by atoms with Crippen LogP contribution in [0.1, 0.15) is 23.7 Å². The lowest BCUT2D eigenvalue weighted by molar-refractivity contribution is -0.123. The molecule has 1 saturated heterocycles. The Labute approximate surface area is 188 Å². The van der Waals surface area contributed by atoms with Gasteiger partial charge in [-0.25, -0.2) is 13.2 Å². The van der Waals surface area contributed by atoms with Crippen LogP contribution in [-0.2, 0) is 19.6 Å². The molecule has 160 valence electrons. The molecule has 1 fully saturated rings. The Hall–Kier alpha value is -2.00. The minimum absolute atomic E-state index is 0.0656. The van der Waals surface area contributed by atoms with Crippen molar-refractivity contribution in [3.8, 4) is 0 Å². The number of esters is 1. The molecule has 2 aromatic carbocycles. The minimum atomic E-state index is -3.38. The Kier molecular flexibility index (Phi) is 6.81. The van der Waals surface area contributed by atoms with Crippen LogP contribution in [0.4, 0.5) is 11.4 Å². The summed E-state index contributed by atoms with van der Waals surface area (Å²) in [5.74, 6) is -1.32. The fourth-order valence-corrected chi connectivity index (χ4v) is 5.00. The third kappa shape index (κ3) is 5.00. The molecule has 30 heavy (non-hydrogen) atoms. The lowest BCUT2D eigenvalue weighted by Gasteiger charge is -2.18. The standard InChI is InChI=1S/C19H17Cl3N2O5S/c1-11(18(25)23-17-10-15(21)14(20)9-16(17)22)29-19(26)12-4-2-5-13(8-12)24-6-3-7-30(24,27)28/h2,4-5,8-11H,3,6-7H2,1H3,(H,23,25). The van der Waals surface area contributed by atoms with Crippen LogP contribution in [0.15, 0.2) is 36.4 Å². The fraction of sp³-hybridized carbons (Fsp3) is 0.263. The first kappa shape index (κ1) is 22.7. The maximum atomic E-state index is 12.5. The summed E-state index contributed by atoms with van der Waals surface area (Å²) in [6.45, 7) is 1.75. The third-order valence-corrected chi connectivity index (χ3v) is 7.29. The van der Waals surface area contributed by atoms with Gasteiger partial charge in [0.15, 0.2) is 6.10 Å². The maximum Gasteiger partial charge on any atom is 0.338 e. The van der Waals surface area contributed by atoms with Gasteiger partial charge >= 0.3 is 5.97 Å². The monoisotopic (exact) mass is 490 g/mol. The van der Waals surface area contributed by atoms with E-state index in [1.165, 1.54) is 35.5 Å². The second kappa shape index (κ2) is 9.01. The van der Waals surface area contributed by atoms with Gasteiger partial charge in [-0.3, -0.25) is 9.10 Å². The van der Waals surface area contributed by atoms with Crippen LogP contribution < -0.4 is 9.62 Å². The Balaban J connectivity index is 1.69. The summed E-state index contributed by atoms with van der Waals surface area (Å²) in [6, 6.07) is 8.83. The van der Waals surface area contributed by atoms with Crippen molar-refractivity contribution in [3.05, 3.63) is 57.0 Å². The van der Waals surface area contributed by atoms with E-state index in [9.17, 15) is 18.0 Å². The van der Waals surface area contributed by atoms with Gasteiger partial charge in [-0.15, -0.1) is 0 Å². The molecule has 0 bridgehead atoms. The van der Waals surface area contributed by atoms with E-state index in [-0.39, 0.29) is 32.1 Å². The van der Waals surface area contributed by atoms with Crippen molar-refractivity contribution in [2.75, 3.05) is 21.9 Å². The number of nitrogens with zero attached hydrogens (tertiary/aromatic N) is 1. The van der Waals surface area contributed by atoms with Gasteiger partial charge in [0.2, 0.25) is 10.0 Å². The molecular formula is C19H17Cl3N2O5S. The smallest absolute Gasteiger partial charge is 0.338 e. The van der Waals surface area contributed by atoms with Crippen molar-refractivity contribution in [3.63, 3.8) is 0 Å². The molecule has 7 nitrogen and oxygen atoms in total. The number of sulfonamides is 1. The number of anilines is 2. The molecule has 0 saturated carbocycles. The number of hydrogen-bond donors (Lipinski definition) is 1. The highest BCUT2D eigenvalue weighted by Gasteiger charge is 2.29. The molecule has 11 heteroatoms. The van der Waals surface area contributed by atoms with E-state index in [0.29, 0.717) is 18.7 Å². The van der Waals surface area contributed by atoms with Crippen molar-refractivity contribution in [2.24, 2.45) is 0 Å². The van der Waals surface area contributed by atoms with Crippen molar-refractivity contribution in [1.82, 2.24) is 0 Å². The molecule has 1 heterocycles. The Morgan fingerprint density at radius 3 is 2.47 bits per heavy atom. The van der Waals surface area contributed by atoms with Gasteiger partial charge in [0, 0.05) is 6.54 Å². The first-order valence-electron chi connectivity index (χ1n) is 8.85. The van der Waals surface area contributed by atoms with Gasteiger partial charge in [0.25, 0.3) is 5.91 Å². The molecule has 1 atom stereocenters. The predicted molar refractivity (Wildman–Crippen MR) is 117 cm³/mol.